The van der Waals surface area contributed by atoms with Crippen molar-refractivity contribution < 1.29 is 9.21 Å². The molecule has 4 aromatic rings. The number of aromatic nitrogens is 1. The third kappa shape index (κ3) is 3.97. The molecular weight excluding hydrogens is 383 g/mol. The van der Waals surface area contributed by atoms with Crippen LogP contribution >= 0.6 is 23.2 Å². The lowest BCUT2D eigenvalue weighted by Gasteiger charge is -2.07. The number of amides is 1. The van der Waals surface area contributed by atoms with Gasteiger partial charge < -0.3 is 9.73 Å². The van der Waals surface area contributed by atoms with Crippen LogP contribution in [0.3, 0.4) is 0 Å². The summed E-state index contributed by atoms with van der Waals surface area (Å²) >= 11 is 12.1. The standard InChI is InChI=1S/C21H14Cl2N2O2/c22-15-8-9-19-18(12-15)25-21(27-19)14-5-3-6-16(10-14)24-20(26)11-13-4-1-2-7-17(13)23/h1-10,12H,11H2,(H,24,26). The highest BCUT2D eigenvalue weighted by Crippen LogP contribution is 2.27. The van der Waals surface area contributed by atoms with E-state index in [4.69, 9.17) is 27.6 Å². The van der Waals surface area contributed by atoms with Gasteiger partial charge >= 0.3 is 0 Å². The Morgan fingerprint density at radius 3 is 2.70 bits per heavy atom. The molecule has 0 aliphatic heterocycles. The molecule has 0 aliphatic carbocycles. The predicted molar refractivity (Wildman–Crippen MR) is 108 cm³/mol. The first-order valence-electron chi connectivity index (χ1n) is 8.28. The van der Waals surface area contributed by atoms with E-state index >= 15 is 0 Å². The van der Waals surface area contributed by atoms with E-state index in [2.05, 4.69) is 10.3 Å². The zero-order valence-corrected chi connectivity index (χ0v) is 15.6. The van der Waals surface area contributed by atoms with E-state index in [0.717, 1.165) is 11.1 Å². The number of nitrogens with zero attached hydrogens (tertiary/aromatic N) is 1. The maximum absolute atomic E-state index is 12.3. The molecule has 0 aliphatic rings. The molecule has 3 aromatic carbocycles. The van der Waals surface area contributed by atoms with E-state index in [-0.39, 0.29) is 12.3 Å². The molecule has 0 unspecified atom stereocenters. The number of oxazole rings is 1. The van der Waals surface area contributed by atoms with Crippen molar-refractivity contribution in [2.45, 2.75) is 6.42 Å². The smallest absolute Gasteiger partial charge is 0.228 e. The van der Waals surface area contributed by atoms with Crippen LogP contribution in [0.5, 0.6) is 0 Å². The van der Waals surface area contributed by atoms with Crippen LogP contribution < -0.4 is 5.32 Å². The molecule has 0 atom stereocenters. The number of anilines is 1. The normalized spacial score (nSPS) is 10.9. The molecule has 1 N–H and O–H groups in total. The number of rotatable bonds is 4. The number of fused-ring (bicyclic) bond motifs is 1. The Bertz CT molecular complexity index is 1140. The first kappa shape index (κ1) is 17.6. The number of carbonyl (C=O) groups excluding carboxylic acids is 1. The van der Waals surface area contributed by atoms with Crippen molar-refractivity contribution in [3.63, 3.8) is 0 Å². The van der Waals surface area contributed by atoms with Gasteiger partial charge in [0, 0.05) is 21.3 Å². The molecule has 0 fully saturated rings. The Hall–Kier alpha value is -2.82. The van der Waals surface area contributed by atoms with Gasteiger partial charge in [-0.2, -0.15) is 0 Å². The van der Waals surface area contributed by atoms with Crippen LogP contribution in [0.15, 0.2) is 71.1 Å². The fraction of sp³-hybridized carbons (Fsp3) is 0.0476. The first-order valence-corrected chi connectivity index (χ1v) is 9.04. The van der Waals surface area contributed by atoms with Crippen molar-refractivity contribution >= 4 is 45.9 Å². The summed E-state index contributed by atoms with van der Waals surface area (Å²) in [5.41, 5.74) is 3.54. The first-order chi connectivity index (χ1) is 13.1. The Labute approximate surface area is 165 Å². The minimum Gasteiger partial charge on any atom is -0.436 e. The molecule has 0 bridgehead atoms. The maximum Gasteiger partial charge on any atom is 0.228 e. The quantitative estimate of drug-likeness (QED) is 0.461. The Morgan fingerprint density at radius 2 is 1.85 bits per heavy atom. The number of hydrogen-bond donors (Lipinski definition) is 1. The van der Waals surface area contributed by atoms with E-state index in [1.807, 2.05) is 42.5 Å². The number of benzene rings is 3. The second kappa shape index (κ2) is 7.43. The Kier molecular flexibility index (Phi) is 4.84. The molecule has 0 radical (unpaired) electrons. The largest absolute Gasteiger partial charge is 0.436 e. The molecule has 1 aromatic heterocycles. The summed E-state index contributed by atoms with van der Waals surface area (Å²) in [4.78, 5) is 16.8. The molecule has 4 rings (SSSR count). The van der Waals surface area contributed by atoms with Gasteiger partial charge in [0.05, 0.1) is 6.42 Å². The minimum atomic E-state index is -0.149. The fourth-order valence-corrected chi connectivity index (χ4v) is 3.14. The highest BCUT2D eigenvalue weighted by Gasteiger charge is 2.11. The molecule has 6 heteroatoms. The van der Waals surface area contributed by atoms with Crippen LogP contribution in [0.4, 0.5) is 5.69 Å². The van der Waals surface area contributed by atoms with E-state index in [0.29, 0.717) is 32.7 Å². The maximum atomic E-state index is 12.3. The van der Waals surface area contributed by atoms with E-state index in [9.17, 15) is 4.79 Å². The van der Waals surface area contributed by atoms with Crippen molar-refractivity contribution in [2.24, 2.45) is 0 Å². The summed E-state index contributed by atoms with van der Waals surface area (Å²) in [6.07, 6.45) is 0.200. The molecule has 27 heavy (non-hydrogen) atoms. The van der Waals surface area contributed by atoms with Gasteiger partial charge in [-0.1, -0.05) is 47.5 Å². The van der Waals surface area contributed by atoms with Gasteiger partial charge in [-0.25, -0.2) is 4.98 Å². The fourth-order valence-electron chi connectivity index (χ4n) is 2.77. The van der Waals surface area contributed by atoms with Crippen molar-refractivity contribution in [1.29, 1.82) is 0 Å². The van der Waals surface area contributed by atoms with Crippen molar-refractivity contribution in [3.8, 4) is 11.5 Å². The summed E-state index contributed by atoms with van der Waals surface area (Å²) in [7, 11) is 0. The highest BCUT2D eigenvalue weighted by molar-refractivity contribution is 6.31. The van der Waals surface area contributed by atoms with Crippen LogP contribution in [0, 0.1) is 0 Å². The number of nitrogens with one attached hydrogen (secondary N) is 1. The lowest BCUT2D eigenvalue weighted by Crippen LogP contribution is -2.14. The van der Waals surface area contributed by atoms with E-state index < -0.39 is 0 Å². The second-order valence-electron chi connectivity index (χ2n) is 6.03. The van der Waals surface area contributed by atoms with Crippen molar-refractivity contribution in [2.75, 3.05) is 5.32 Å². The summed E-state index contributed by atoms with van der Waals surface area (Å²) in [6, 6.07) is 19.9. The SMILES string of the molecule is O=C(Cc1ccccc1Cl)Nc1cccc(-c2nc3cc(Cl)ccc3o2)c1. The van der Waals surface area contributed by atoms with Crippen molar-refractivity contribution in [1.82, 2.24) is 4.98 Å². The predicted octanol–water partition coefficient (Wildman–Crippen LogP) is 5.98. The van der Waals surface area contributed by atoms with Crippen LogP contribution in [0.1, 0.15) is 5.56 Å². The molecule has 0 spiro atoms. The zero-order valence-electron chi connectivity index (χ0n) is 14.1. The zero-order chi connectivity index (χ0) is 18.8. The summed E-state index contributed by atoms with van der Waals surface area (Å²) in [5, 5.41) is 4.06. The van der Waals surface area contributed by atoms with Crippen LogP contribution in [0.25, 0.3) is 22.6 Å². The summed E-state index contributed by atoms with van der Waals surface area (Å²) in [6.45, 7) is 0. The van der Waals surface area contributed by atoms with Gasteiger partial charge in [0.1, 0.15) is 5.52 Å². The molecule has 0 saturated carbocycles. The number of carbonyl (C=O) groups is 1. The topological polar surface area (TPSA) is 55.1 Å². The Balaban J connectivity index is 1.55. The van der Waals surface area contributed by atoms with Crippen molar-refractivity contribution in [3.05, 3.63) is 82.3 Å². The van der Waals surface area contributed by atoms with Gasteiger partial charge in [0.15, 0.2) is 5.58 Å². The number of halogens is 2. The average Bonchev–Trinajstić information content (AvgIpc) is 3.07. The van der Waals surface area contributed by atoms with E-state index in [1.165, 1.54) is 0 Å². The van der Waals surface area contributed by atoms with Crippen LogP contribution in [0.2, 0.25) is 10.0 Å². The van der Waals surface area contributed by atoms with Crippen LogP contribution in [-0.4, -0.2) is 10.9 Å². The van der Waals surface area contributed by atoms with Gasteiger partial charge in [-0.05, 0) is 48.0 Å². The van der Waals surface area contributed by atoms with Gasteiger partial charge in [-0.15, -0.1) is 0 Å². The van der Waals surface area contributed by atoms with Gasteiger partial charge in [0.25, 0.3) is 0 Å². The van der Waals surface area contributed by atoms with E-state index in [1.54, 1.807) is 24.3 Å². The molecule has 4 nitrogen and oxygen atoms in total. The average molecular weight is 397 g/mol. The summed E-state index contributed by atoms with van der Waals surface area (Å²) in [5.74, 6) is 0.319. The third-order valence-electron chi connectivity index (χ3n) is 4.05. The Morgan fingerprint density at radius 1 is 1.00 bits per heavy atom. The molecular formula is C21H14Cl2N2O2. The third-order valence-corrected chi connectivity index (χ3v) is 4.66. The lowest BCUT2D eigenvalue weighted by molar-refractivity contribution is -0.115. The lowest BCUT2D eigenvalue weighted by atomic mass is 10.1. The van der Waals surface area contributed by atoms with Crippen LogP contribution in [-0.2, 0) is 11.2 Å². The monoisotopic (exact) mass is 396 g/mol. The van der Waals surface area contributed by atoms with Gasteiger partial charge in [-0.3, -0.25) is 4.79 Å². The molecule has 1 heterocycles. The summed E-state index contributed by atoms with van der Waals surface area (Å²) < 4.78 is 5.78. The molecule has 1 amide bonds. The second-order valence-corrected chi connectivity index (χ2v) is 6.87. The minimum absolute atomic E-state index is 0.149. The molecule has 0 saturated heterocycles. The van der Waals surface area contributed by atoms with Gasteiger partial charge in [0.2, 0.25) is 11.8 Å². The number of hydrogen-bond acceptors (Lipinski definition) is 3. The molecule has 134 valence electrons. The highest BCUT2D eigenvalue weighted by atomic mass is 35.5.